The molecular formula is C30H30ClF2N7OS. The van der Waals surface area contributed by atoms with Gasteiger partial charge >= 0.3 is 6.01 Å². The molecule has 0 radical (unpaired) electrons. The number of fused-ring (bicyclic) bond motifs is 4. The average Bonchev–Trinajstić information content (AvgIpc) is 3.48. The molecule has 0 aliphatic carbocycles. The van der Waals surface area contributed by atoms with Crippen molar-refractivity contribution >= 4 is 54.7 Å². The summed E-state index contributed by atoms with van der Waals surface area (Å²) >= 11 is 7.78. The van der Waals surface area contributed by atoms with Crippen molar-refractivity contribution < 1.29 is 13.5 Å². The predicted octanol–water partition coefficient (Wildman–Crippen LogP) is 5.41. The first-order valence-corrected chi connectivity index (χ1v) is 15.3. The number of benzene rings is 2. The van der Waals surface area contributed by atoms with E-state index in [2.05, 4.69) is 27.0 Å². The van der Waals surface area contributed by atoms with Crippen molar-refractivity contribution in [3.05, 3.63) is 40.4 Å². The van der Waals surface area contributed by atoms with Gasteiger partial charge in [-0.1, -0.05) is 24.6 Å². The summed E-state index contributed by atoms with van der Waals surface area (Å²) in [6.45, 7) is 6.05. The fourth-order valence-corrected chi connectivity index (χ4v) is 8.07. The fraction of sp³-hybridized carbons (Fsp3) is 0.433. The summed E-state index contributed by atoms with van der Waals surface area (Å²) < 4.78 is 37.9. The standard InChI is InChI=1S/C30H30ClF2N7OS/c1-14-11-39(2)22(14)13-41-30-37-26-18(29(38-30)40-6-5-15-7-16(12-40)36-10-15)8-20(31)24(25(26)33)17-3-4-21(32)27-23(17)19(9-34)28(35)42-27/h3-4,8,14-16,22,36H,5-7,10-13,35H2,1-2H3/t14-,15?,16?,22-/m1/s1. The van der Waals surface area contributed by atoms with Gasteiger partial charge in [0.25, 0.3) is 0 Å². The molecule has 3 fully saturated rings. The molecule has 8 nitrogen and oxygen atoms in total. The summed E-state index contributed by atoms with van der Waals surface area (Å²) in [6.07, 6.45) is 2.09. The number of thiophene rings is 1. The first-order chi connectivity index (χ1) is 20.2. The van der Waals surface area contributed by atoms with Crippen LogP contribution in [0.15, 0.2) is 18.2 Å². The third-order valence-electron chi connectivity index (χ3n) is 9.08. The number of aromatic nitrogens is 2. The van der Waals surface area contributed by atoms with E-state index in [1.54, 1.807) is 6.07 Å². The van der Waals surface area contributed by atoms with Gasteiger partial charge in [0.05, 0.1) is 15.3 Å². The van der Waals surface area contributed by atoms with E-state index >= 15 is 4.39 Å². The molecule has 4 atom stereocenters. The largest absolute Gasteiger partial charge is 0.462 e. The molecule has 218 valence electrons. The summed E-state index contributed by atoms with van der Waals surface area (Å²) in [5, 5.41) is 14.4. The highest BCUT2D eigenvalue weighted by molar-refractivity contribution is 7.23. The molecule has 42 heavy (non-hydrogen) atoms. The van der Waals surface area contributed by atoms with Crippen molar-refractivity contribution in [2.75, 3.05) is 50.5 Å². The average molecular weight is 610 g/mol. The summed E-state index contributed by atoms with van der Waals surface area (Å²) in [6, 6.07) is 7.03. The number of anilines is 2. The molecule has 0 saturated carbocycles. The van der Waals surface area contributed by atoms with Crippen LogP contribution >= 0.6 is 22.9 Å². The maximum Gasteiger partial charge on any atom is 0.319 e. The number of halogens is 3. The van der Waals surface area contributed by atoms with Gasteiger partial charge in [-0.3, -0.25) is 4.90 Å². The van der Waals surface area contributed by atoms with Crippen LogP contribution in [0.5, 0.6) is 6.01 Å². The van der Waals surface area contributed by atoms with Crippen molar-refractivity contribution in [3.63, 3.8) is 0 Å². The van der Waals surface area contributed by atoms with Crippen LogP contribution < -0.4 is 20.7 Å². The zero-order chi connectivity index (χ0) is 29.3. The number of hydrogen-bond acceptors (Lipinski definition) is 9. The van der Waals surface area contributed by atoms with Gasteiger partial charge in [0, 0.05) is 48.1 Å². The zero-order valence-corrected chi connectivity index (χ0v) is 24.8. The number of nitrogens with two attached hydrogens (primary N) is 1. The number of rotatable bonds is 5. The normalized spacial score (nSPS) is 24.1. The lowest BCUT2D eigenvalue weighted by atomic mass is 9.92. The number of nitriles is 1. The number of likely N-dealkylation sites (N-methyl/N-ethyl adjacent to an activating group) is 1. The second-order valence-electron chi connectivity index (χ2n) is 11.8. The van der Waals surface area contributed by atoms with Crippen LogP contribution in [0.4, 0.5) is 19.6 Å². The molecular weight excluding hydrogens is 580 g/mol. The molecule has 4 aromatic rings. The number of ether oxygens (including phenoxy) is 1. The Morgan fingerprint density at radius 3 is 2.88 bits per heavy atom. The highest BCUT2D eigenvalue weighted by Crippen LogP contribution is 2.46. The molecule has 0 amide bonds. The van der Waals surface area contributed by atoms with Gasteiger partial charge in [-0.05, 0) is 56.0 Å². The Morgan fingerprint density at radius 1 is 1.29 bits per heavy atom. The van der Waals surface area contributed by atoms with Gasteiger partial charge in [-0.2, -0.15) is 15.2 Å². The van der Waals surface area contributed by atoms with E-state index in [1.807, 2.05) is 13.1 Å². The Labute approximate surface area is 251 Å². The Morgan fingerprint density at radius 2 is 2.12 bits per heavy atom. The molecule has 3 N–H and O–H groups in total. The summed E-state index contributed by atoms with van der Waals surface area (Å²) in [5.74, 6) is 0.422. The van der Waals surface area contributed by atoms with Gasteiger partial charge in [-0.25, -0.2) is 8.78 Å². The van der Waals surface area contributed by atoms with Crippen LogP contribution in [0.2, 0.25) is 5.02 Å². The number of hydrogen-bond donors (Lipinski definition) is 2. The van der Waals surface area contributed by atoms with E-state index in [1.165, 1.54) is 12.1 Å². The van der Waals surface area contributed by atoms with Gasteiger partial charge in [0.15, 0.2) is 5.82 Å². The summed E-state index contributed by atoms with van der Waals surface area (Å²) in [4.78, 5) is 13.8. The van der Waals surface area contributed by atoms with Crippen LogP contribution in [-0.2, 0) is 0 Å². The molecule has 7 rings (SSSR count). The Kier molecular flexibility index (Phi) is 6.85. The molecule has 0 spiro atoms. The van der Waals surface area contributed by atoms with E-state index in [4.69, 9.17) is 27.1 Å². The Bertz CT molecular complexity index is 1770. The van der Waals surface area contributed by atoms with Crippen LogP contribution in [0, 0.1) is 34.8 Å². The predicted molar refractivity (Wildman–Crippen MR) is 162 cm³/mol. The summed E-state index contributed by atoms with van der Waals surface area (Å²) in [5.41, 5.74) is 6.52. The number of likely N-dealkylation sites (tertiary alicyclic amines) is 1. The van der Waals surface area contributed by atoms with E-state index in [0.29, 0.717) is 35.7 Å². The monoisotopic (exact) mass is 609 g/mol. The maximum absolute atomic E-state index is 16.8. The lowest BCUT2D eigenvalue weighted by Gasteiger charge is -2.43. The molecule has 3 aliphatic heterocycles. The quantitative estimate of drug-likeness (QED) is 0.309. The number of nitrogens with zero attached hydrogens (tertiary/aromatic N) is 5. The topological polar surface area (TPSA) is 103 Å². The minimum absolute atomic E-state index is 0.0306. The molecule has 3 aliphatic rings. The molecule has 5 heterocycles. The molecule has 3 saturated heterocycles. The highest BCUT2D eigenvalue weighted by atomic mass is 35.5. The molecule has 12 heteroatoms. The van der Waals surface area contributed by atoms with Crippen molar-refractivity contribution in [1.29, 1.82) is 5.26 Å². The second-order valence-corrected chi connectivity index (χ2v) is 13.2. The Hall–Kier alpha value is -3.30. The minimum Gasteiger partial charge on any atom is -0.462 e. The van der Waals surface area contributed by atoms with Crippen LogP contribution in [-0.4, -0.2) is 66.8 Å². The van der Waals surface area contributed by atoms with E-state index < -0.39 is 11.6 Å². The van der Waals surface area contributed by atoms with Gasteiger partial charge in [-0.15, -0.1) is 11.3 Å². The third-order valence-corrected chi connectivity index (χ3v) is 10.4. The van der Waals surface area contributed by atoms with E-state index in [0.717, 1.165) is 50.4 Å². The first kappa shape index (κ1) is 27.5. The molecule has 2 bridgehead atoms. The fourth-order valence-electron chi connectivity index (χ4n) is 6.83. The van der Waals surface area contributed by atoms with Crippen molar-refractivity contribution in [3.8, 4) is 23.2 Å². The maximum atomic E-state index is 16.8. The van der Waals surface area contributed by atoms with Gasteiger partial charge < -0.3 is 20.7 Å². The van der Waals surface area contributed by atoms with Crippen molar-refractivity contribution in [2.45, 2.75) is 31.8 Å². The van der Waals surface area contributed by atoms with Crippen molar-refractivity contribution in [2.24, 2.45) is 11.8 Å². The lowest BCUT2D eigenvalue weighted by Crippen LogP contribution is -2.55. The molecule has 2 unspecified atom stereocenters. The van der Waals surface area contributed by atoms with Crippen LogP contribution in [0.25, 0.3) is 32.1 Å². The van der Waals surface area contributed by atoms with Crippen molar-refractivity contribution in [1.82, 2.24) is 20.2 Å². The highest BCUT2D eigenvalue weighted by Gasteiger charge is 2.35. The molecule has 2 aromatic carbocycles. The smallest absolute Gasteiger partial charge is 0.319 e. The summed E-state index contributed by atoms with van der Waals surface area (Å²) in [7, 11) is 2.05. The van der Waals surface area contributed by atoms with E-state index in [9.17, 15) is 9.65 Å². The van der Waals surface area contributed by atoms with Crippen LogP contribution in [0.3, 0.4) is 0 Å². The molecule has 2 aromatic heterocycles. The van der Waals surface area contributed by atoms with E-state index in [-0.39, 0.29) is 54.4 Å². The second kappa shape index (κ2) is 10.5. The lowest BCUT2D eigenvalue weighted by molar-refractivity contribution is 0.0159. The van der Waals surface area contributed by atoms with Crippen LogP contribution in [0.1, 0.15) is 25.3 Å². The first-order valence-electron chi connectivity index (χ1n) is 14.2. The minimum atomic E-state index is -0.684. The SMILES string of the molecule is C[C@@H]1CN(C)[C@@H]1COc1nc(N2CCC3CNC(C3)C2)c2cc(Cl)c(-c3ccc(F)c4sc(N)c(C#N)c34)c(F)c2n1. The zero-order valence-electron chi connectivity index (χ0n) is 23.3. The third kappa shape index (κ3) is 4.43. The van der Waals surface area contributed by atoms with Gasteiger partial charge in [0.1, 0.15) is 34.8 Å². The van der Waals surface area contributed by atoms with Gasteiger partial charge in [0.2, 0.25) is 0 Å². The number of nitrogens with one attached hydrogen (secondary N) is 1. The Balaban J connectivity index is 1.40. The number of nitrogen functional groups attached to an aromatic ring is 1.